The largest absolute Gasteiger partial charge is 0.399 e. The van der Waals surface area contributed by atoms with Gasteiger partial charge in [-0.05, 0) is 24.3 Å². The van der Waals surface area contributed by atoms with Gasteiger partial charge in [-0.25, -0.2) is 12.7 Å². The fourth-order valence-electron chi connectivity index (χ4n) is 0.851. The van der Waals surface area contributed by atoms with Gasteiger partial charge < -0.3 is 15.5 Å². The molecule has 0 amide bonds. The molecule has 0 atom stereocenters. The summed E-state index contributed by atoms with van der Waals surface area (Å²) in [5.74, 6) is 0. The van der Waals surface area contributed by atoms with E-state index >= 15 is 0 Å². The first-order valence-corrected chi connectivity index (χ1v) is 7.12. The predicted octanol–water partition coefficient (Wildman–Crippen LogP) is -0.120. The van der Waals surface area contributed by atoms with Crippen molar-refractivity contribution >= 4 is 24.0 Å². The summed E-state index contributed by atoms with van der Waals surface area (Å²) in [7, 11) is -3.46. The number of nitrogen functional groups attached to an aromatic ring is 1. The Morgan fingerprint density at radius 1 is 1.18 bits per heavy atom. The minimum atomic E-state index is -3.32. The predicted molar refractivity (Wildman–Crippen MR) is 65.2 cm³/mol. The van der Waals surface area contributed by atoms with Crippen LogP contribution in [0.4, 0.5) is 5.69 Å². The van der Waals surface area contributed by atoms with Gasteiger partial charge in [0.1, 0.15) is 0 Å². The number of nitrogens with two attached hydrogens (primary N) is 1. The highest BCUT2D eigenvalue weighted by atomic mass is 32.2. The summed E-state index contributed by atoms with van der Waals surface area (Å²) in [4.78, 5) is 14.6. The van der Waals surface area contributed by atoms with E-state index in [2.05, 4.69) is 0 Å². The molecule has 0 aromatic heterocycles. The highest BCUT2D eigenvalue weighted by Gasteiger charge is 2.15. The van der Waals surface area contributed by atoms with Gasteiger partial charge in [0, 0.05) is 19.8 Å². The van der Waals surface area contributed by atoms with E-state index < -0.39 is 18.3 Å². The zero-order valence-electron chi connectivity index (χ0n) is 9.36. The van der Waals surface area contributed by atoms with Crippen molar-refractivity contribution in [3.63, 3.8) is 0 Å². The summed E-state index contributed by atoms with van der Waals surface area (Å²) >= 11 is 0. The van der Waals surface area contributed by atoms with Gasteiger partial charge in [-0.3, -0.25) is 4.57 Å². The lowest BCUT2D eigenvalue weighted by atomic mass is 10.3. The molecule has 1 rings (SSSR count). The number of benzene rings is 1. The number of anilines is 1. The van der Waals surface area contributed by atoms with Crippen LogP contribution in [-0.4, -0.2) is 36.6 Å². The lowest BCUT2D eigenvalue weighted by molar-refractivity contribution is 0.405. The second kappa shape index (κ2) is 6.73. The second-order valence-electron chi connectivity index (χ2n) is 3.14. The minimum absolute atomic E-state index is 0.256. The van der Waals surface area contributed by atoms with E-state index in [9.17, 15) is 8.42 Å². The van der Waals surface area contributed by atoms with Gasteiger partial charge in [-0.1, -0.05) is 0 Å². The van der Waals surface area contributed by atoms with Gasteiger partial charge in [-0.2, -0.15) is 0 Å². The third-order valence-electron chi connectivity index (χ3n) is 1.66. The quantitative estimate of drug-likeness (QED) is 0.513. The average molecular weight is 282 g/mol. The Bertz CT molecular complexity index is 467. The molecule has 0 spiro atoms. The highest BCUT2D eigenvalue weighted by Crippen LogP contribution is 2.14. The van der Waals surface area contributed by atoms with Crippen LogP contribution in [0.2, 0.25) is 0 Å². The number of rotatable bonds is 2. The van der Waals surface area contributed by atoms with Crippen LogP contribution in [0, 0.1) is 0 Å². The number of sulfonamides is 1. The third-order valence-corrected chi connectivity index (χ3v) is 3.49. The maximum absolute atomic E-state index is 11.5. The molecule has 9 heteroatoms. The van der Waals surface area contributed by atoms with E-state index in [1.165, 1.54) is 30.5 Å². The van der Waals surface area contributed by atoms with Gasteiger partial charge in [0.05, 0.1) is 4.90 Å². The Morgan fingerprint density at radius 2 is 1.53 bits per heavy atom. The molecule has 0 saturated heterocycles. The molecule has 0 bridgehead atoms. The molecule has 98 valence electrons. The van der Waals surface area contributed by atoms with E-state index in [1.54, 1.807) is 12.1 Å². The number of nitrogens with zero attached hydrogens (tertiary/aromatic N) is 1. The third kappa shape index (κ3) is 5.81. The van der Waals surface area contributed by atoms with E-state index in [-0.39, 0.29) is 4.90 Å². The van der Waals surface area contributed by atoms with Crippen LogP contribution in [-0.2, 0) is 14.6 Å². The molecular formula is C8H15N2O5PS. The van der Waals surface area contributed by atoms with Crippen molar-refractivity contribution in [2.75, 3.05) is 19.8 Å². The van der Waals surface area contributed by atoms with Crippen molar-refractivity contribution in [2.45, 2.75) is 4.90 Å². The molecule has 4 N–H and O–H groups in total. The SMILES string of the molecule is CN(C)S(=O)(=O)c1ccc(N)cc1.O=[PH](O)O. The van der Waals surface area contributed by atoms with Crippen LogP contribution in [0.3, 0.4) is 0 Å². The summed E-state index contributed by atoms with van der Waals surface area (Å²) in [5.41, 5.74) is 5.99. The zero-order valence-corrected chi connectivity index (χ0v) is 11.2. The molecule has 17 heavy (non-hydrogen) atoms. The molecule has 0 radical (unpaired) electrons. The molecule has 0 heterocycles. The average Bonchev–Trinajstić information content (AvgIpc) is 2.17. The second-order valence-corrected chi connectivity index (χ2v) is 5.86. The summed E-state index contributed by atoms with van der Waals surface area (Å²) in [6.45, 7) is 0. The van der Waals surface area contributed by atoms with Crippen LogP contribution in [0.5, 0.6) is 0 Å². The zero-order chi connectivity index (χ0) is 13.6. The maximum Gasteiger partial charge on any atom is 0.314 e. The maximum atomic E-state index is 11.5. The van der Waals surface area contributed by atoms with Gasteiger partial charge in [0.25, 0.3) is 0 Å². The van der Waals surface area contributed by atoms with Crippen LogP contribution in [0.1, 0.15) is 0 Å². The lowest BCUT2D eigenvalue weighted by Gasteiger charge is -2.10. The molecule has 0 unspecified atom stereocenters. The molecule has 0 aliphatic rings. The summed E-state index contributed by atoms with van der Waals surface area (Å²) < 4.78 is 33.0. The van der Waals surface area contributed by atoms with Crippen molar-refractivity contribution in [3.05, 3.63) is 24.3 Å². The first-order chi connectivity index (χ1) is 7.67. The minimum Gasteiger partial charge on any atom is -0.399 e. The molecule has 0 saturated carbocycles. The Labute approximate surface area is 100 Å². The Morgan fingerprint density at radius 3 is 1.82 bits per heavy atom. The molecule has 1 aromatic rings. The van der Waals surface area contributed by atoms with Gasteiger partial charge >= 0.3 is 8.25 Å². The first-order valence-electron chi connectivity index (χ1n) is 4.38. The first kappa shape index (κ1) is 16.1. The molecule has 0 aliphatic carbocycles. The normalized spacial score (nSPS) is 11.2. The van der Waals surface area contributed by atoms with Crippen molar-refractivity contribution < 1.29 is 22.8 Å². The van der Waals surface area contributed by atoms with Crippen molar-refractivity contribution in [1.29, 1.82) is 0 Å². The Balaban J connectivity index is 0.000000557. The van der Waals surface area contributed by atoms with Crippen molar-refractivity contribution in [2.24, 2.45) is 0 Å². The summed E-state index contributed by atoms with van der Waals surface area (Å²) in [6.07, 6.45) is 0. The lowest BCUT2D eigenvalue weighted by Crippen LogP contribution is -2.22. The number of hydrogen-bond donors (Lipinski definition) is 3. The standard InChI is InChI=1S/C8H12N2O2S.H3O3P/c1-10(2)13(11,12)8-5-3-7(9)4-6-8;1-4(2)3/h3-6H,9H2,1-2H3;4H,(H2,1,2,3). The highest BCUT2D eigenvalue weighted by molar-refractivity contribution is 7.89. The van der Waals surface area contributed by atoms with E-state index in [0.29, 0.717) is 5.69 Å². The van der Waals surface area contributed by atoms with Gasteiger partial charge in [-0.15, -0.1) is 0 Å². The van der Waals surface area contributed by atoms with Gasteiger partial charge in [0.2, 0.25) is 10.0 Å². The molecule has 0 fully saturated rings. The Hall–Kier alpha value is -0.920. The topological polar surface area (TPSA) is 121 Å². The smallest absolute Gasteiger partial charge is 0.314 e. The Kier molecular flexibility index (Phi) is 6.36. The fourth-order valence-corrected chi connectivity index (χ4v) is 1.75. The van der Waals surface area contributed by atoms with Crippen molar-refractivity contribution in [3.8, 4) is 0 Å². The van der Waals surface area contributed by atoms with Crippen LogP contribution < -0.4 is 5.73 Å². The summed E-state index contributed by atoms with van der Waals surface area (Å²) in [6, 6.07) is 6.11. The van der Waals surface area contributed by atoms with Crippen LogP contribution in [0.15, 0.2) is 29.2 Å². The van der Waals surface area contributed by atoms with Crippen LogP contribution in [0.25, 0.3) is 0 Å². The molecule has 0 aliphatic heterocycles. The van der Waals surface area contributed by atoms with Crippen LogP contribution >= 0.6 is 8.25 Å². The number of hydrogen-bond acceptors (Lipinski definition) is 4. The molecule has 7 nitrogen and oxygen atoms in total. The van der Waals surface area contributed by atoms with Gasteiger partial charge in [0.15, 0.2) is 0 Å². The molecular weight excluding hydrogens is 267 g/mol. The summed E-state index contributed by atoms with van der Waals surface area (Å²) in [5, 5.41) is 0. The fraction of sp³-hybridized carbons (Fsp3) is 0.250. The van der Waals surface area contributed by atoms with E-state index in [0.717, 1.165) is 0 Å². The molecule has 1 aromatic carbocycles. The van der Waals surface area contributed by atoms with Crippen molar-refractivity contribution in [1.82, 2.24) is 4.31 Å². The van der Waals surface area contributed by atoms with E-state index in [1.807, 2.05) is 0 Å². The van der Waals surface area contributed by atoms with E-state index in [4.69, 9.17) is 20.1 Å². The monoisotopic (exact) mass is 282 g/mol.